The van der Waals surface area contributed by atoms with E-state index in [4.69, 9.17) is 5.73 Å². The fraction of sp³-hybridized carbons (Fsp3) is 0.0769. The van der Waals surface area contributed by atoms with Crippen molar-refractivity contribution in [2.24, 2.45) is 5.73 Å². The molecule has 22 nitrogen and oxygen atoms in total. The Morgan fingerprint density at radius 1 is 0.519 bits per heavy atom. The molecule has 0 amide bonds. The van der Waals surface area contributed by atoms with Crippen molar-refractivity contribution in [2.75, 3.05) is 0 Å². The monoisotopic (exact) mass is 855 g/mol. The van der Waals surface area contributed by atoms with Crippen LogP contribution in [0, 0.1) is 0 Å². The molecule has 52 heavy (non-hydrogen) atoms. The van der Waals surface area contributed by atoms with E-state index in [0.29, 0.717) is 0 Å². The predicted molar refractivity (Wildman–Crippen MR) is 175 cm³/mol. The third-order valence-corrected chi connectivity index (χ3v) is 8.37. The summed E-state index contributed by atoms with van der Waals surface area (Å²) >= 11 is 0. The number of hydrogen-bond acceptors (Lipinski definition) is 13. The Balaban J connectivity index is -0.000000176. The Labute approximate surface area is 317 Å². The molecule has 6 aromatic heterocycles. The standard InChI is InChI=1S/C8H13NO6P2.6C3H4N2.2Ni.3H2O/c9-8(16(10,11)12,17(13,14)15)6-7-4-2-1-3-5-7;6*1-2-5-3-4-1;;;;;/h1-5H,6,9H2,(H2,10,11,12)(H2,13,14,15);6*1-3H,(H,4,5);;;3*1H2/q;;;;;;;+2;+3;;;/p-4. The van der Waals surface area contributed by atoms with Gasteiger partial charge in [0, 0.05) is 74.4 Å². The van der Waals surface area contributed by atoms with Gasteiger partial charge in [0.25, 0.3) is 0 Å². The predicted octanol–water partition coefficient (Wildman–Crippen LogP) is -2.35. The van der Waals surface area contributed by atoms with E-state index in [0.717, 1.165) is 0 Å². The Morgan fingerprint density at radius 3 is 0.885 bits per heavy atom. The molecular formula is C26H39N13Ni2O9P2+. The SMILES string of the molecule is NC(Cc1ccccc1)(P(=O)([O-])[O-])P(=O)([O-])[O-].O.O.O.[Ni+2].[Ni+3].c1c[nH]cn1.c1c[nH]cn1.c1c[nH]cn1.c1c[nH]cn1.c1c[nH]cn1.c1c[nH]cn1. The van der Waals surface area contributed by atoms with Gasteiger partial charge in [0.15, 0.2) is 0 Å². The smallest absolute Gasteiger partial charge is 0.809 e. The molecule has 1 radical (unpaired) electrons. The first-order chi connectivity index (χ1) is 22.6. The van der Waals surface area contributed by atoms with Crippen molar-refractivity contribution in [2.45, 2.75) is 11.4 Å². The normalized spacial score (nSPS) is 9.10. The molecule has 0 saturated heterocycles. The van der Waals surface area contributed by atoms with Crippen molar-refractivity contribution >= 4 is 15.2 Å². The molecule has 7 rings (SSSR count). The molecule has 14 N–H and O–H groups in total. The van der Waals surface area contributed by atoms with Gasteiger partial charge >= 0.3 is 33.0 Å². The summed E-state index contributed by atoms with van der Waals surface area (Å²) in [4.78, 5) is 82.0. The Bertz CT molecular complexity index is 1300. The van der Waals surface area contributed by atoms with Crippen LogP contribution in [0.4, 0.5) is 0 Å². The van der Waals surface area contributed by atoms with E-state index in [1.807, 2.05) is 0 Å². The van der Waals surface area contributed by atoms with Gasteiger partial charge in [0.05, 0.1) is 43.0 Å². The van der Waals surface area contributed by atoms with Gasteiger partial charge in [0.2, 0.25) is 0 Å². The number of rotatable bonds is 4. The van der Waals surface area contributed by atoms with Crippen LogP contribution in [-0.2, 0) is 48.5 Å². The average molecular weight is 857 g/mol. The first-order valence-corrected chi connectivity index (χ1v) is 16.1. The number of nitrogens with two attached hydrogens (primary N) is 1. The van der Waals surface area contributed by atoms with Gasteiger partial charge in [-0.3, -0.25) is 0 Å². The first kappa shape index (κ1) is 57.0. The maximum Gasteiger partial charge on any atom is 3.00 e. The summed E-state index contributed by atoms with van der Waals surface area (Å²) in [5.41, 5.74) is 5.18. The van der Waals surface area contributed by atoms with E-state index in [1.54, 1.807) is 118 Å². The second-order valence-corrected chi connectivity index (χ2v) is 12.0. The molecule has 0 aliphatic rings. The van der Waals surface area contributed by atoms with Crippen LogP contribution in [0.15, 0.2) is 143 Å². The van der Waals surface area contributed by atoms with Crippen LogP contribution in [-0.4, -0.2) is 81.3 Å². The molecule has 26 heteroatoms. The van der Waals surface area contributed by atoms with E-state index >= 15 is 0 Å². The van der Waals surface area contributed by atoms with Crippen molar-refractivity contribution < 1.29 is 78.1 Å². The van der Waals surface area contributed by atoms with Crippen LogP contribution in [0.2, 0.25) is 0 Å². The molecule has 0 aliphatic heterocycles. The molecular weight excluding hydrogens is 818 g/mol. The molecule has 0 spiro atoms. The topological polar surface area (TPSA) is 419 Å². The van der Waals surface area contributed by atoms with Crippen LogP contribution >= 0.6 is 15.2 Å². The maximum atomic E-state index is 10.9. The van der Waals surface area contributed by atoms with Crippen molar-refractivity contribution in [1.29, 1.82) is 0 Å². The summed E-state index contributed by atoms with van der Waals surface area (Å²) in [5, 5.41) is -3.33. The Morgan fingerprint density at radius 2 is 0.750 bits per heavy atom. The minimum absolute atomic E-state index is 0. The Hall–Kier alpha value is -4.39. The fourth-order valence-corrected chi connectivity index (χ4v) is 4.48. The summed E-state index contributed by atoms with van der Waals surface area (Å²) < 4.78 is 21.8. The van der Waals surface area contributed by atoms with E-state index in [1.165, 1.54) is 24.3 Å². The number of imidazole rings is 6. The van der Waals surface area contributed by atoms with Crippen molar-refractivity contribution in [3.63, 3.8) is 0 Å². The second kappa shape index (κ2) is 35.0. The molecule has 0 atom stereocenters. The van der Waals surface area contributed by atoms with Crippen LogP contribution in [0.3, 0.4) is 0 Å². The van der Waals surface area contributed by atoms with E-state index in [-0.39, 0.29) is 55.0 Å². The summed E-state index contributed by atoms with van der Waals surface area (Å²) in [6, 6.07) is 7.33. The van der Waals surface area contributed by atoms with Gasteiger partial charge in [0.1, 0.15) is 0 Å². The van der Waals surface area contributed by atoms with Gasteiger partial charge < -0.3 is 80.8 Å². The Kier molecular flexibility index (Phi) is 38.4. The van der Waals surface area contributed by atoms with E-state index in [2.05, 4.69) is 59.8 Å². The number of aromatic nitrogens is 12. The summed E-state index contributed by atoms with van der Waals surface area (Å²) in [5.74, 6) is 0. The third kappa shape index (κ3) is 28.3. The summed E-state index contributed by atoms with van der Waals surface area (Å²) in [6.07, 6.45) is 29.6. The van der Waals surface area contributed by atoms with Crippen LogP contribution in [0.25, 0.3) is 0 Å². The molecule has 0 aliphatic carbocycles. The minimum Gasteiger partial charge on any atom is -0.809 e. The van der Waals surface area contributed by atoms with E-state index in [9.17, 15) is 28.7 Å². The van der Waals surface area contributed by atoms with Gasteiger partial charge in [-0.25, -0.2) is 29.9 Å². The quantitative estimate of drug-likeness (QED) is 0.0721. The molecule has 6 heterocycles. The molecule has 0 fully saturated rings. The van der Waals surface area contributed by atoms with Crippen molar-refractivity contribution in [3.05, 3.63) is 148 Å². The van der Waals surface area contributed by atoms with Crippen molar-refractivity contribution in [3.8, 4) is 0 Å². The van der Waals surface area contributed by atoms with Gasteiger partial charge in [-0.15, -0.1) is 0 Å². The van der Waals surface area contributed by atoms with Crippen LogP contribution in [0.1, 0.15) is 5.56 Å². The number of nitrogens with one attached hydrogen (secondary N) is 6. The molecule has 7 aromatic rings. The van der Waals surface area contributed by atoms with Crippen molar-refractivity contribution in [1.82, 2.24) is 59.8 Å². The first-order valence-electron chi connectivity index (χ1n) is 13.0. The second-order valence-electron chi connectivity index (χ2n) is 8.10. The molecule has 0 unspecified atom stereocenters. The number of hydrogen-bond donors (Lipinski definition) is 7. The van der Waals surface area contributed by atoms with Gasteiger partial charge in [-0.2, -0.15) is 0 Å². The third-order valence-electron chi connectivity index (χ3n) is 4.69. The summed E-state index contributed by atoms with van der Waals surface area (Å²) in [7, 11) is -11.6. The molecule has 291 valence electrons. The average Bonchev–Trinajstić information content (AvgIpc) is 3.95. The molecule has 1 aromatic carbocycles. The van der Waals surface area contributed by atoms with Gasteiger partial charge in [-0.1, -0.05) is 30.3 Å². The zero-order valence-electron chi connectivity index (χ0n) is 26.7. The van der Waals surface area contributed by atoms with Crippen LogP contribution in [0.5, 0.6) is 0 Å². The molecule has 0 bridgehead atoms. The molecule has 0 saturated carbocycles. The largest absolute Gasteiger partial charge is 3.00 e. The zero-order chi connectivity index (χ0) is 34.5. The number of benzene rings is 1. The van der Waals surface area contributed by atoms with Crippen LogP contribution < -0.4 is 25.3 Å². The number of H-pyrrole nitrogens is 6. The van der Waals surface area contributed by atoms with E-state index < -0.39 is 26.6 Å². The van der Waals surface area contributed by atoms with Gasteiger partial charge in [-0.05, 0) is 27.2 Å². The fourth-order valence-electron chi connectivity index (χ4n) is 2.53. The summed E-state index contributed by atoms with van der Waals surface area (Å²) in [6.45, 7) is 0. The zero-order valence-corrected chi connectivity index (χ0v) is 30.5. The maximum absolute atomic E-state index is 10.9. The number of nitrogens with zero attached hydrogens (tertiary/aromatic N) is 6. The number of aromatic amines is 6. The minimum atomic E-state index is -5.79.